The Balaban J connectivity index is 0.00000264. The van der Waals surface area contributed by atoms with Crippen molar-refractivity contribution < 1.29 is 44.7 Å². The average Bonchev–Trinajstić information content (AvgIpc) is 3.84. The molecule has 246 valence electrons. The molecular weight excluding hydrogens is 649 g/mol. The van der Waals surface area contributed by atoms with E-state index < -0.39 is 89.9 Å². The topological polar surface area (TPSA) is 88.5 Å². The number of rotatable bonds is 7. The summed E-state index contributed by atoms with van der Waals surface area (Å²) >= 11 is 0. The van der Waals surface area contributed by atoms with E-state index in [1.165, 1.54) is 0 Å². The number of likely N-dealkylation sites (tertiary alicyclic amines) is 1. The van der Waals surface area contributed by atoms with Crippen LogP contribution in [0.25, 0.3) is 0 Å². The van der Waals surface area contributed by atoms with E-state index in [-0.39, 0.29) is 49.8 Å². The third kappa shape index (κ3) is 6.73. The quantitative estimate of drug-likeness (QED) is 0.406. The van der Waals surface area contributed by atoms with Crippen LogP contribution in [-0.4, -0.2) is 72.1 Å². The Morgan fingerprint density at radius 3 is 2.09 bits per heavy atom. The summed E-state index contributed by atoms with van der Waals surface area (Å²) in [4.78, 5) is 28.5. The van der Waals surface area contributed by atoms with Crippen molar-refractivity contribution in [2.45, 2.75) is 68.5 Å². The SMILES string of the molecule is Cl.Cl.N#CC1(NC(=O)[C@@H]2C[C@@H](C(F)(F)c3ccc(CN4CCNCC4)cc3C(F)(F)F)CN2C(=O)C2(C(F)(F)F)CC2)CC1. The number of nitrogens with zero attached hydrogens (tertiary/aromatic N) is 3. The van der Waals surface area contributed by atoms with Crippen LogP contribution in [0.4, 0.5) is 35.1 Å². The van der Waals surface area contributed by atoms with Crippen LogP contribution >= 0.6 is 24.8 Å². The van der Waals surface area contributed by atoms with Gasteiger partial charge in [-0.15, -0.1) is 24.8 Å². The second kappa shape index (κ2) is 12.4. The number of halogens is 10. The first-order valence-electron chi connectivity index (χ1n) is 13.7. The lowest BCUT2D eigenvalue weighted by Gasteiger charge is -2.30. The number of hydrogen-bond donors (Lipinski definition) is 2. The molecule has 2 saturated heterocycles. The first-order valence-corrected chi connectivity index (χ1v) is 13.7. The number of carbonyl (C=O) groups excluding carboxylic acids is 2. The molecule has 0 bridgehead atoms. The Morgan fingerprint density at radius 1 is 0.977 bits per heavy atom. The molecule has 0 spiro atoms. The molecule has 44 heavy (non-hydrogen) atoms. The molecule has 2 aliphatic heterocycles. The molecule has 17 heteroatoms. The molecule has 1 aromatic rings. The van der Waals surface area contributed by atoms with E-state index in [0.717, 1.165) is 6.07 Å². The van der Waals surface area contributed by atoms with E-state index in [0.29, 0.717) is 43.2 Å². The average molecular weight is 680 g/mol. The molecule has 2 atom stereocenters. The number of piperazine rings is 1. The largest absolute Gasteiger partial charge is 0.416 e. The standard InChI is InChI=1S/C27H29F8N5O2.2ClH/c28-25(29,18-2-1-16(11-19(18)26(30,31)32)13-39-9-7-37-8-10-39)17-12-20(21(41)38-23(15-36)3-4-23)40(14-17)22(42)24(5-6-24)27(33,34)35;;/h1-2,11,17,20,37H,3-10,12-14H2,(H,38,41);2*1H/t17-,20+;;/m1../s1. The van der Waals surface area contributed by atoms with Crippen molar-refractivity contribution in [2.24, 2.45) is 11.3 Å². The van der Waals surface area contributed by atoms with Gasteiger partial charge in [0, 0.05) is 50.7 Å². The molecule has 4 fully saturated rings. The van der Waals surface area contributed by atoms with Crippen molar-refractivity contribution in [2.75, 3.05) is 32.7 Å². The number of hydrogen-bond acceptors (Lipinski definition) is 5. The molecule has 4 aliphatic rings. The van der Waals surface area contributed by atoms with Gasteiger partial charge in [0.15, 0.2) is 0 Å². The van der Waals surface area contributed by atoms with Gasteiger partial charge in [-0.3, -0.25) is 14.5 Å². The maximum absolute atomic E-state index is 16.0. The summed E-state index contributed by atoms with van der Waals surface area (Å²) in [5.74, 6) is -8.98. The summed E-state index contributed by atoms with van der Waals surface area (Å²) in [6.07, 6.45) is -11.8. The molecule has 2 amide bonds. The summed E-state index contributed by atoms with van der Waals surface area (Å²) < 4.78 is 116. The fraction of sp³-hybridized carbons (Fsp3) is 0.667. The van der Waals surface area contributed by atoms with Crippen molar-refractivity contribution in [3.05, 3.63) is 34.9 Å². The van der Waals surface area contributed by atoms with Gasteiger partial charge in [-0.2, -0.15) is 31.6 Å². The van der Waals surface area contributed by atoms with Crippen molar-refractivity contribution in [3.63, 3.8) is 0 Å². The highest BCUT2D eigenvalue weighted by atomic mass is 35.5. The Hall–Kier alpha value is -2.41. The van der Waals surface area contributed by atoms with E-state index in [4.69, 9.17) is 0 Å². The molecule has 0 radical (unpaired) electrons. The maximum atomic E-state index is 16.0. The van der Waals surface area contributed by atoms with Gasteiger partial charge in [-0.1, -0.05) is 12.1 Å². The van der Waals surface area contributed by atoms with E-state index in [1.807, 2.05) is 11.0 Å². The minimum Gasteiger partial charge on any atom is -0.336 e. The predicted molar refractivity (Wildman–Crippen MR) is 145 cm³/mol. The van der Waals surface area contributed by atoms with Gasteiger partial charge in [0.2, 0.25) is 11.8 Å². The van der Waals surface area contributed by atoms with E-state index in [9.17, 15) is 41.2 Å². The minimum atomic E-state index is -5.18. The zero-order chi connectivity index (χ0) is 30.7. The van der Waals surface area contributed by atoms with E-state index in [2.05, 4.69) is 10.6 Å². The lowest BCUT2D eigenvalue weighted by molar-refractivity contribution is -0.199. The Bertz CT molecular complexity index is 1290. The summed E-state index contributed by atoms with van der Waals surface area (Å²) in [5.41, 5.74) is -6.93. The van der Waals surface area contributed by atoms with Gasteiger partial charge in [-0.25, -0.2) is 8.78 Å². The van der Waals surface area contributed by atoms with Crippen LogP contribution < -0.4 is 10.6 Å². The predicted octanol–water partition coefficient (Wildman–Crippen LogP) is 4.78. The molecule has 2 N–H and O–H groups in total. The number of alkyl halides is 8. The molecule has 0 unspecified atom stereocenters. The zero-order valence-corrected chi connectivity index (χ0v) is 24.8. The van der Waals surface area contributed by atoms with Gasteiger partial charge >= 0.3 is 12.4 Å². The van der Waals surface area contributed by atoms with Crippen molar-refractivity contribution in [3.8, 4) is 6.07 Å². The fourth-order valence-corrected chi connectivity index (χ4v) is 5.86. The monoisotopic (exact) mass is 679 g/mol. The summed E-state index contributed by atoms with van der Waals surface area (Å²) in [6, 6.07) is 2.53. The highest BCUT2D eigenvalue weighted by molar-refractivity contribution is 5.93. The van der Waals surface area contributed by atoms with Crippen LogP contribution in [0.15, 0.2) is 18.2 Å². The molecule has 2 aliphatic carbocycles. The van der Waals surface area contributed by atoms with Crippen LogP contribution in [0.1, 0.15) is 48.8 Å². The molecule has 5 rings (SSSR count). The lowest BCUT2D eigenvalue weighted by Crippen LogP contribution is -2.53. The van der Waals surface area contributed by atoms with Gasteiger partial charge in [0.05, 0.1) is 11.6 Å². The molecule has 0 aromatic heterocycles. The fourth-order valence-electron chi connectivity index (χ4n) is 5.86. The highest BCUT2D eigenvalue weighted by Crippen LogP contribution is 2.60. The number of carbonyl (C=O) groups is 2. The Morgan fingerprint density at radius 2 is 1.59 bits per heavy atom. The van der Waals surface area contributed by atoms with Gasteiger partial charge in [0.25, 0.3) is 5.92 Å². The summed E-state index contributed by atoms with van der Waals surface area (Å²) in [7, 11) is 0. The number of nitriles is 1. The summed E-state index contributed by atoms with van der Waals surface area (Å²) in [6.45, 7) is 1.41. The molecule has 7 nitrogen and oxygen atoms in total. The highest BCUT2D eigenvalue weighted by Gasteiger charge is 2.71. The molecular formula is C27H31Cl2F8N5O2. The normalized spacial score (nSPS) is 24.4. The van der Waals surface area contributed by atoms with Crippen molar-refractivity contribution in [1.29, 1.82) is 5.26 Å². The first-order chi connectivity index (χ1) is 19.5. The minimum absolute atomic E-state index is 0. The smallest absolute Gasteiger partial charge is 0.336 e. The zero-order valence-electron chi connectivity index (χ0n) is 23.2. The number of nitrogens with one attached hydrogen (secondary N) is 2. The third-order valence-corrected chi connectivity index (χ3v) is 8.77. The van der Waals surface area contributed by atoms with E-state index in [1.54, 1.807) is 0 Å². The van der Waals surface area contributed by atoms with Gasteiger partial charge in [0.1, 0.15) is 17.0 Å². The second-order valence-electron chi connectivity index (χ2n) is 11.7. The summed E-state index contributed by atoms with van der Waals surface area (Å²) in [5, 5.41) is 14.7. The number of benzene rings is 1. The maximum Gasteiger partial charge on any atom is 0.416 e. The van der Waals surface area contributed by atoms with Crippen LogP contribution in [0.2, 0.25) is 0 Å². The number of amides is 2. The van der Waals surface area contributed by atoms with Crippen LogP contribution in [0, 0.1) is 22.7 Å². The Labute approximate surface area is 260 Å². The van der Waals surface area contributed by atoms with Crippen molar-refractivity contribution in [1.82, 2.24) is 20.4 Å². The Kier molecular flexibility index (Phi) is 10.2. The van der Waals surface area contributed by atoms with Gasteiger partial charge in [-0.05, 0) is 43.7 Å². The molecule has 1 aromatic carbocycles. The second-order valence-corrected chi connectivity index (χ2v) is 11.7. The van der Waals surface area contributed by atoms with Gasteiger partial charge < -0.3 is 15.5 Å². The molecule has 2 saturated carbocycles. The third-order valence-electron chi connectivity index (χ3n) is 8.77. The van der Waals surface area contributed by atoms with Crippen LogP contribution in [0.3, 0.4) is 0 Å². The van der Waals surface area contributed by atoms with E-state index >= 15 is 8.78 Å². The first kappa shape index (κ1) is 36.1. The van der Waals surface area contributed by atoms with Crippen LogP contribution in [0.5, 0.6) is 0 Å². The lowest BCUT2D eigenvalue weighted by atomic mass is 9.88. The van der Waals surface area contributed by atoms with Crippen molar-refractivity contribution >= 4 is 36.6 Å². The van der Waals surface area contributed by atoms with Crippen LogP contribution in [-0.2, 0) is 28.2 Å². The molecule has 2 heterocycles.